The monoisotopic (exact) mass is 407 g/mol. The van der Waals surface area contributed by atoms with E-state index < -0.39 is 17.4 Å². The summed E-state index contributed by atoms with van der Waals surface area (Å²) in [6.45, 7) is 2.91. The molecule has 20 heavy (non-hydrogen) atoms. The van der Waals surface area contributed by atoms with E-state index in [-0.39, 0.29) is 13.0 Å². The molecule has 0 fully saturated rings. The molecule has 0 aliphatic heterocycles. The maximum absolute atomic E-state index is 11.7. The van der Waals surface area contributed by atoms with Crippen LogP contribution < -0.4 is 10.1 Å². The molecule has 0 saturated heterocycles. The molecule has 2 N–H and O–H groups in total. The normalized spacial score (nSPS) is 13.4. The van der Waals surface area contributed by atoms with Crippen LogP contribution in [-0.2, 0) is 9.59 Å². The van der Waals surface area contributed by atoms with Gasteiger partial charge in [-0.05, 0) is 47.5 Å². The third-order valence-electron chi connectivity index (χ3n) is 2.85. The van der Waals surface area contributed by atoms with E-state index in [9.17, 15) is 9.59 Å². The first-order valence-electron chi connectivity index (χ1n) is 5.90. The van der Waals surface area contributed by atoms with Crippen molar-refractivity contribution in [2.75, 3.05) is 6.61 Å². The summed E-state index contributed by atoms with van der Waals surface area (Å²) in [5.41, 5.74) is -1.28. The molecule has 1 rings (SSSR count). The molecular formula is C13H15Br2NO4. The zero-order chi connectivity index (χ0) is 15.3. The highest BCUT2D eigenvalue weighted by molar-refractivity contribution is 9.11. The van der Waals surface area contributed by atoms with Crippen LogP contribution in [0.15, 0.2) is 27.1 Å². The van der Waals surface area contributed by atoms with Crippen LogP contribution in [0.25, 0.3) is 0 Å². The molecule has 0 aliphatic carbocycles. The van der Waals surface area contributed by atoms with Crippen molar-refractivity contribution in [3.63, 3.8) is 0 Å². The maximum Gasteiger partial charge on any atom is 0.329 e. The number of carboxylic acids is 1. The number of nitrogens with one attached hydrogen (secondary N) is 1. The van der Waals surface area contributed by atoms with Crippen LogP contribution in [0.3, 0.4) is 0 Å². The number of rotatable bonds is 6. The smallest absolute Gasteiger partial charge is 0.329 e. The Bertz CT molecular complexity index is 521. The first-order valence-corrected chi connectivity index (χ1v) is 7.49. The second-order valence-corrected chi connectivity index (χ2v) is 6.17. The molecule has 1 unspecified atom stereocenters. The van der Waals surface area contributed by atoms with E-state index in [4.69, 9.17) is 9.84 Å². The maximum atomic E-state index is 11.7. The molecular weight excluding hydrogens is 394 g/mol. The lowest BCUT2D eigenvalue weighted by molar-refractivity contribution is -0.147. The van der Waals surface area contributed by atoms with Crippen LogP contribution in [-0.4, -0.2) is 29.1 Å². The van der Waals surface area contributed by atoms with Crippen molar-refractivity contribution in [1.29, 1.82) is 0 Å². The molecule has 0 bridgehead atoms. The summed E-state index contributed by atoms with van der Waals surface area (Å²) in [5.74, 6) is -1.04. The number of hydrogen-bond acceptors (Lipinski definition) is 3. The van der Waals surface area contributed by atoms with E-state index >= 15 is 0 Å². The van der Waals surface area contributed by atoms with Gasteiger partial charge in [0.05, 0.1) is 4.47 Å². The van der Waals surface area contributed by atoms with Crippen LogP contribution in [0.2, 0.25) is 0 Å². The van der Waals surface area contributed by atoms with Gasteiger partial charge in [-0.15, -0.1) is 0 Å². The number of benzene rings is 1. The summed E-state index contributed by atoms with van der Waals surface area (Å²) in [6, 6.07) is 5.28. The highest BCUT2D eigenvalue weighted by Gasteiger charge is 2.32. The Balaban J connectivity index is 2.62. The number of amides is 1. The minimum absolute atomic E-state index is 0.247. The molecule has 0 aromatic heterocycles. The minimum atomic E-state index is -1.28. The highest BCUT2D eigenvalue weighted by atomic mass is 79.9. The fourth-order valence-electron chi connectivity index (χ4n) is 1.37. The van der Waals surface area contributed by atoms with Crippen LogP contribution in [0.5, 0.6) is 5.75 Å². The van der Waals surface area contributed by atoms with Crippen molar-refractivity contribution < 1.29 is 19.4 Å². The van der Waals surface area contributed by atoms with Gasteiger partial charge in [0.25, 0.3) is 5.91 Å². The Kier molecular flexibility index (Phi) is 6.01. The SMILES string of the molecule is CCC(C)(NC(=O)COc1ccc(Br)cc1Br)C(=O)O. The van der Waals surface area contributed by atoms with E-state index in [1.54, 1.807) is 25.1 Å². The van der Waals surface area contributed by atoms with Crippen molar-refractivity contribution in [3.05, 3.63) is 27.1 Å². The fraction of sp³-hybridized carbons (Fsp3) is 0.385. The lowest BCUT2D eigenvalue weighted by Gasteiger charge is -2.24. The largest absolute Gasteiger partial charge is 0.483 e. The zero-order valence-electron chi connectivity index (χ0n) is 11.1. The molecule has 1 amide bonds. The van der Waals surface area contributed by atoms with Crippen molar-refractivity contribution in [3.8, 4) is 5.75 Å². The molecule has 0 spiro atoms. The van der Waals surface area contributed by atoms with Crippen molar-refractivity contribution in [2.45, 2.75) is 25.8 Å². The number of carbonyl (C=O) groups is 2. The Labute approximate surface area is 134 Å². The molecule has 110 valence electrons. The number of aliphatic carboxylic acids is 1. The topological polar surface area (TPSA) is 75.6 Å². The van der Waals surface area contributed by atoms with E-state index in [0.29, 0.717) is 10.2 Å². The first-order chi connectivity index (χ1) is 9.28. The Morgan fingerprint density at radius 1 is 1.40 bits per heavy atom. The predicted molar refractivity (Wildman–Crippen MR) is 81.8 cm³/mol. The summed E-state index contributed by atoms with van der Waals surface area (Å²) >= 11 is 6.63. The molecule has 0 saturated carbocycles. The molecule has 1 aromatic carbocycles. The summed E-state index contributed by atoms with van der Waals surface area (Å²) in [5, 5.41) is 11.5. The van der Waals surface area contributed by atoms with E-state index in [2.05, 4.69) is 37.2 Å². The van der Waals surface area contributed by atoms with Gasteiger partial charge >= 0.3 is 5.97 Å². The van der Waals surface area contributed by atoms with Crippen molar-refractivity contribution in [1.82, 2.24) is 5.32 Å². The predicted octanol–water partition coefficient (Wildman–Crippen LogP) is 2.96. The summed E-state index contributed by atoms with van der Waals surface area (Å²) in [4.78, 5) is 22.8. The molecule has 7 heteroatoms. The van der Waals surface area contributed by atoms with Crippen LogP contribution >= 0.6 is 31.9 Å². The summed E-state index contributed by atoms with van der Waals surface area (Å²) in [7, 11) is 0. The minimum Gasteiger partial charge on any atom is -0.483 e. The third-order valence-corrected chi connectivity index (χ3v) is 3.96. The third kappa shape index (κ3) is 4.49. The van der Waals surface area contributed by atoms with Gasteiger partial charge in [-0.25, -0.2) is 4.79 Å². The number of carbonyl (C=O) groups excluding carboxylic acids is 1. The number of halogens is 2. The summed E-state index contributed by atoms with van der Waals surface area (Å²) in [6.07, 6.45) is 0.288. The van der Waals surface area contributed by atoms with Gasteiger partial charge in [0.1, 0.15) is 11.3 Å². The van der Waals surface area contributed by atoms with Crippen molar-refractivity contribution in [2.24, 2.45) is 0 Å². The first kappa shape index (κ1) is 17.0. The quantitative estimate of drug-likeness (QED) is 0.758. The van der Waals surface area contributed by atoms with Crippen LogP contribution in [0.4, 0.5) is 0 Å². The van der Waals surface area contributed by atoms with Crippen LogP contribution in [0, 0.1) is 0 Å². The van der Waals surface area contributed by atoms with Gasteiger partial charge in [-0.1, -0.05) is 22.9 Å². The van der Waals surface area contributed by atoms with Gasteiger partial charge in [-0.2, -0.15) is 0 Å². The average Bonchev–Trinajstić information content (AvgIpc) is 2.37. The Morgan fingerprint density at radius 3 is 2.55 bits per heavy atom. The Hall–Kier alpha value is -1.08. The molecule has 0 aliphatic rings. The van der Waals surface area contributed by atoms with Gasteiger partial charge in [0, 0.05) is 4.47 Å². The number of carboxylic acid groups (broad SMARTS) is 1. The van der Waals surface area contributed by atoms with Gasteiger partial charge in [-0.3, -0.25) is 4.79 Å². The van der Waals surface area contributed by atoms with E-state index in [1.807, 2.05) is 0 Å². The summed E-state index contributed by atoms with van der Waals surface area (Å²) < 4.78 is 6.94. The average molecular weight is 409 g/mol. The van der Waals surface area contributed by atoms with E-state index in [1.165, 1.54) is 6.92 Å². The van der Waals surface area contributed by atoms with Crippen molar-refractivity contribution >= 4 is 43.7 Å². The standard InChI is InChI=1S/C13H15Br2NO4/c1-3-13(2,12(18)19)16-11(17)7-20-10-5-4-8(14)6-9(10)15/h4-6H,3,7H2,1-2H3,(H,16,17)(H,18,19). The lowest BCUT2D eigenvalue weighted by Crippen LogP contribution is -2.53. The second kappa shape index (κ2) is 7.08. The van der Waals surface area contributed by atoms with Gasteiger partial charge in [0.2, 0.25) is 0 Å². The highest BCUT2D eigenvalue weighted by Crippen LogP contribution is 2.28. The van der Waals surface area contributed by atoms with Crippen LogP contribution in [0.1, 0.15) is 20.3 Å². The second-order valence-electron chi connectivity index (χ2n) is 4.40. The van der Waals surface area contributed by atoms with Gasteiger partial charge < -0.3 is 15.2 Å². The molecule has 1 aromatic rings. The molecule has 0 radical (unpaired) electrons. The Morgan fingerprint density at radius 2 is 2.05 bits per heavy atom. The number of hydrogen-bond donors (Lipinski definition) is 2. The zero-order valence-corrected chi connectivity index (χ0v) is 14.2. The number of ether oxygens (including phenoxy) is 1. The van der Waals surface area contributed by atoms with Gasteiger partial charge in [0.15, 0.2) is 6.61 Å². The molecule has 1 atom stereocenters. The van der Waals surface area contributed by atoms with E-state index in [0.717, 1.165) is 4.47 Å². The molecule has 0 heterocycles. The molecule has 5 nitrogen and oxygen atoms in total. The lowest BCUT2D eigenvalue weighted by atomic mass is 9.99. The fourth-order valence-corrected chi connectivity index (χ4v) is 2.53.